The lowest BCUT2D eigenvalue weighted by Crippen LogP contribution is -2.61. The molecule has 0 spiro atoms. The predicted molar refractivity (Wildman–Crippen MR) is 88.2 cm³/mol. The molecule has 0 aromatic carbocycles. The van der Waals surface area contributed by atoms with E-state index in [9.17, 15) is 16.8 Å². The van der Waals surface area contributed by atoms with E-state index in [4.69, 9.17) is 9.63 Å². The number of sulfonamides is 2. The predicted octanol–water partition coefficient (Wildman–Crippen LogP) is 0.388. The summed E-state index contributed by atoms with van der Waals surface area (Å²) in [6.07, 6.45) is 3.22. The Hall–Kier alpha value is -0.970. The molecule has 138 valence electrons. The summed E-state index contributed by atoms with van der Waals surface area (Å²) in [6, 6.07) is 1.17. The van der Waals surface area contributed by atoms with Gasteiger partial charge < -0.3 is 9.63 Å². The first-order valence-corrected chi connectivity index (χ1v) is 11.3. The second kappa shape index (κ2) is 6.40. The largest absolute Gasteiger partial charge is 0.396 e. The molecule has 1 aromatic rings. The summed E-state index contributed by atoms with van der Waals surface area (Å²) in [4.78, 5) is 0. The van der Waals surface area contributed by atoms with Crippen LogP contribution in [0.3, 0.4) is 0 Å². The van der Waals surface area contributed by atoms with Crippen LogP contribution in [-0.2, 0) is 32.9 Å². The Morgan fingerprint density at radius 1 is 1.29 bits per heavy atom. The molecule has 2 rings (SSSR count). The molecule has 1 aromatic heterocycles. The first kappa shape index (κ1) is 19.4. The summed E-state index contributed by atoms with van der Waals surface area (Å²) in [7, 11) is -7.74. The van der Waals surface area contributed by atoms with E-state index in [-0.39, 0.29) is 12.5 Å². The number of aliphatic hydroxyl groups is 1. The molecule has 0 saturated heterocycles. The van der Waals surface area contributed by atoms with E-state index >= 15 is 0 Å². The van der Waals surface area contributed by atoms with Crippen LogP contribution in [0.4, 0.5) is 0 Å². The smallest absolute Gasteiger partial charge is 0.224 e. The molecule has 1 saturated carbocycles. The lowest BCUT2D eigenvalue weighted by atomic mass is 9.57. The van der Waals surface area contributed by atoms with E-state index in [0.717, 1.165) is 18.2 Å². The number of aliphatic hydroxyl groups excluding tert-OH is 1. The molecule has 10 heteroatoms. The quantitative estimate of drug-likeness (QED) is 0.727. The van der Waals surface area contributed by atoms with Gasteiger partial charge in [-0.15, -0.1) is 0 Å². The molecule has 0 unspecified atom stereocenters. The van der Waals surface area contributed by atoms with Crippen LogP contribution in [0.15, 0.2) is 10.6 Å². The highest BCUT2D eigenvalue weighted by Crippen LogP contribution is 2.51. The molecule has 1 fully saturated rings. The summed E-state index contributed by atoms with van der Waals surface area (Å²) in [5.74, 6) is 0.677. The van der Waals surface area contributed by atoms with Crippen LogP contribution in [0, 0.1) is 11.3 Å². The van der Waals surface area contributed by atoms with Crippen LogP contribution in [0.25, 0.3) is 0 Å². The van der Waals surface area contributed by atoms with Crippen LogP contribution in [0.5, 0.6) is 0 Å². The summed E-state index contributed by atoms with van der Waals surface area (Å²) < 4.78 is 53.5. The molecule has 2 atom stereocenters. The molecule has 8 nitrogen and oxygen atoms in total. The van der Waals surface area contributed by atoms with E-state index < -0.39 is 31.5 Å². The molecule has 0 amide bonds. The molecule has 0 aliphatic heterocycles. The van der Waals surface area contributed by atoms with Crippen molar-refractivity contribution in [1.29, 1.82) is 0 Å². The molecule has 1 aliphatic carbocycles. The van der Waals surface area contributed by atoms with Crippen molar-refractivity contribution in [2.45, 2.75) is 39.2 Å². The Labute approximate surface area is 142 Å². The first-order valence-electron chi connectivity index (χ1n) is 7.62. The monoisotopic (exact) mass is 380 g/mol. The van der Waals surface area contributed by atoms with Crippen LogP contribution >= 0.6 is 0 Å². The third-order valence-electron chi connectivity index (χ3n) is 4.75. The van der Waals surface area contributed by atoms with E-state index in [1.54, 1.807) is 6.07 Å². The maximum atomic E-state index is 11.9. The van der Waals surface area contributed by atoms with Crippen molar-refractivity contribution in [1.82, 2.24) is 8.87 Å². The second-order valence-electron chi connectivity index (χ2n) is 6.98. The lowest BCUT2D eigenvalue weighted by molar-refractivity contribution is -0.00276. The van der Waals surface area contributed by atoms with Gasteiger partial charge in [-0.3, -0.25) is 0 Å². The molecular weight excluding hydrogens is 356 g/mol. The van der Waals surface area contributed by atoms with Crippen molar-refractivity contribution >= 4 is 20.0 Å². The first-order chi connectivity index (χ1) is 10.9. The zero-order valence-corrected chi connectivity index (χ0v) is 15.9. The van der Waals surface area contributed by atoms with Gasteiger partial charge in [-0.1, -0.05) is 22.7 Å². The number of hydrogen-bond donors (Lipinski definition) is 1. The molecule has 0 radical (unpaired) electrons. The van der Waals surface area contributed by atoms with Crippen LogP contribution in [0.2, 0.25) is 0 Å². The molecule has 24 heavy (non-hydrogen) atoms. The minimum absolute atomic E-state index is 0.0245. The number of rotatable bonds is 7. The van der Waals surface area contributed by atoms with E-state index in [1.165, 1.54) is 0 Å². The molecule has 1 aliphatic rings. The van der Waals surface area contributed by atoms with E-state index in [1.807, 2.05) is 13.8 Å². The summed E-state index contributed by atoms with van der Waals surface area (Å²) in [6.45, 7) is 3.71. The molecule has 1 N–H and O–H groups in total. The third kappa shape index (κ3) is 3.81. The summed E-state index contributed by atoms with van der Waals surface area (Å²) in [5, 5.41) is 12.8. The highest BCUT2D eigenvalue weighted by molar-refractivity contribution is 8.03. The van der Waals surface area contributed by atoms with Gasteiger partial charge in [-0.25, -0.2) is 16.8 Å². The van der Waals surface area contributed by atoms with Gasteiger partial charge in [-0.2, -0.15) is 0 Å². The van der Waals surface area contributed by atoms with E-state index in [0.29, 0.717) is 28.7 Å². The average Bonchev–Trinajstić information content (AvgIpc) is 2.82. The summed E-state index contributed by atoms with van der Waals surface area (Å²) in [5.41, 5.74) is 0.211. The minimum atomic E-state index is -3.87. The maximum Gasteiger partial charge on any atom is 0.224 e. The van der Waals surface area contributed by atoms with Crippen LogP contribution in [-0.4, -0.2) is 56.0 Å². The highest BCUT2D eigenvalue weighted by Gasteiger charge is 2.55. The Morgan fingerprint density at radius 3 is 2.33 bits per heavy atom. The number of hydrogen-bond acceptors (Lipinski definition) is 7. The van der Waals surface area contributed by atoms with Gasteiger partial charge in [0.15, 0.2) is 0 Å². The highest BCUT2D eigenvalue weighted by atomic mass is 32.3. The SMILES string of the molecule is CC1(C)[C@H](Cc2cc(CCO)on2)C[C@@H]1N(S(C)(=O)=O)S(C)(=O)=O. The Morgan fingerprint density at radius 2 is 1.88 bits per heavy atom. The van der Waals surface area contributed by atoms with Crippen molar-refractivity contribution in [3.05, 3.63) is 17.5 Å². The fourth-order valence-electron chi connectivity index (χ4n) is 3.33. The fourth-order valence-corrected chi connectivity index (χ4v) is 6.94. The van der Waals surface area contributed by atoms with Crippen LogP contribution < -0.4 is 0 Å². The second-order valence-corrected chi connectivity index (χ2v) is 10.9. The van der Waals surface area contributed by atoms with Gasteiger partial charge in [-0.05, 0) is 24.2 Å². The van der Waals surface area contributed by atoms with Crippen LogP contribution in [0.1, 0.15) is 31.7 Å². The lowest BCUT2D eigenvalue weighted by Gasteiger charge is -2.54. The van der Waals surface area contributed by atoms with Gasteiger partial charge in [0.2, 0.25) is 20.0 Å². The molecule has 0 bridgehead atoms. The third-order valence-corrected chi connectivity index (χ3v) is 8.19. The van der Waals surface area contributed by atoms with E-state index in [2.05, 4.69) is 5.16 Å². The van der Waals surface area contributed by atoms with Crippen molar-refractivity contribution in [2.24, 2.45) is 11.3 Å². The molecule has 1 heterocycles. The normalized spacial score (nSPS) is 24.1. The fraction of sp³-hybridized carbons (Fsp3) is 0.786. The van der Waals surface area contributed by atoms with Gasteiger partial charge in [0.25, 0.3) is 0 Å². The average molecular weight is 380 g/mol. The zero-order valence-electron chi connectivity index (χ0n) is 14.3. The van der Waals surface area contributed by atoms with Gasteiger partial charge >= 0.3 is 0 Å². The summed E-state index contributed by atoms with van der Waals surface area (Å²) >= 11 is 0. The van der Waals surface area contributed by atoms with Crippen molar-refractivity contribution < 1.29 is 26.5 Å². The van der Waals surface area contributed by atoms with Crippen molar-refractivity contribution in [2.75, 3.05) is 19.1 Å². The minimum Gasteiger partial charge on any atom is -0.396 e. The Balaban J connectivity index is 2.16. The standard InChI is InChI=1S/C14H24N2O6S2/c1-14(2)10(7-11-9-12(5-6-17)22-15-11)8-13(14)16(23(3,18)19)24(4,20)21/h9-10,13,17H,5-8H2,1-4H3/t10-,13+/m1/s1. The van der Waals surface area contributed by atoms with Gasteiger partial charge in [0.1, 0.15) is 5.76 Å². The Kier molecular flexibility index (Phi) is 5.16. The zero-order chi connectivity index (χ0) is 18.3. The van der Waals surface area contributed by atoms with Gasteiger partial charge in [0, 0.05) is 18.5 Å². The number of nitrogens with zero attached hydrogens (tertiary/aromatic N) is 2. The van der Waals surface area contributed by atoms with Crippen molar-refractivity contribution in [3.63, 3.8) is 0 Å². The number of aromatic nitrogens is 1. The Bertz CT molecular complexity index is 765. The topological polar surface area (TPSA) is 118 Å². The molecular formula is C14H24N2O6S2. The van der Waals surface area contributed by atoms with Crippen molar-refractivity contribution in [3.8, 4) is 0 Å². The van der Waals surface area contributed by atoms with Gasteiger partial charge in [0.05, 0.1) is 24.8 Å². The maximum absolute atomic E-state index is 11.9.